The largest absolute Gasteiger partial charge is 0.352 e. The van der Waals surface area contributed by atoms with E-state index >= 15 is 0 Å². The van der Waals surface area contributed by atoms with Crippen molar-refractivity contribution < 1.29 is 28.2 Å². The van der Waals surface area contributed by atoms with Gasteiger partial charge >= 0.3 is 0 Å². The van der Waals surface area contributed by atoms with Crippen LogP contribution in [0, 0.1) is 0 Å². The Morgan fingerprint density at radius 1 is 1.03 bits per heavy atom. The number of nitrogens with two attached hydrogens (primary N) is 1. The summed E-state index contributed by atoms with van der Waals surface area (Å²) in [6.07, 6.45) is -2.12. The number of methoxy groups -OCH3 is 2. The van der Waals surface area contributed by atoms with Crippen LogP contribution < -0.4 is 16.6 Å². The first kappa shape index (κ1) is 24.3. The number of hydrogen-bond donors (Lipinski definition) is 3. The standard InChI is InChI=1S/C23H27FN4O5/c1-32-23(33-2)16-10-8-15(9-11-16)22(31)28-13-17(24)12-18(28)20(29)26-19(21(30)27-25)14-6-4-3-5-7-14/h3-11,17-19,23H,12-13,25H2,1-2H3,(H,26,29)(H,27,30)/t17-,18+,19+/m1/s1. The van der Waals surface area contributed by atoms with Gasteiger partial charge in [0.05, 0.1) is 6.54 Å². The lowest BCUT2D eigenvalue weighted by atomic mass is 10.0. The van der Waals surface area contributed by atoms with Crippen LogP contribution in [0.15, 0.2) is 54.6 Å². The Kier molecular flexibility index (Phi) is 8.10. The first-order chi connectivity index (χ1) is 15.9. The number of likely N-dealkylation sites (tertiary alicyclic amines) is 1. The summed E-state index contributed by atoms with van der Waals surface area (Å²) in [4.78, 5) is 39.6. The van der Waals surface area contributed by atoms with Crippen molar-refractivity contribution in [3.05, 3.63) is 71.3 Å². The van der Waals surface area contributed by atoms with E-state index in [2.05, 4.69) is 5.32 Å². The summed E-state index contributed by atoms with van der Waals surface area (Å²) in [5, 5.41) is 2.60. The number of ether oxygens (including phenoxy) is 2. The highest BCUT2D eigenvalue weighted by Gasteiger charge is 2.41. The van der Waals surface area contributed by atoms with Gasteiger partial charge in [0, 0.05) is 31.8 Å². The highest BCUT2D eigenvalue weighted by atomic mass is 19.1. The van der Waals surface area contributed by atoms with E-state index in [0.29, 0.717) is 11.1 Å². The molecule has 0 radical (unpaired) electrons. The third-order valence-electron chi connectivity index (χ3n) is 5.50. The Morgan fingerprint density at radius 3 is 2.24 bits per heavy atom. The van der Waals surface area contributed by atoms with Crippen LogP contribution in [0.4, 0.5) is 4.39 Å². The van der Waals surface area contributed by atoms with E-state index in [4.69, 9.17) is 15.3 Å². The first-order valence-corrected chi connectivity index (χ1v) is 10.4. The molecule has 0 saturated carbocycles. The maximum atomic E-state index is 14.3. The third-order valence-corrected chi connectivity index (χ3v) is 5.50. The molecule has 33 heavy (non-hydrogen) atoms. The van der Waals surface area contributed by atoms with Gasteiger partial charge < -0.3 is 19.7 Å². The minimum absolute atomic E-state index is 0.170. The molecule has 3 rings (SSSR count). The van der Waals surface area contributed by atoms with Crippen molar-refractivity contribution in [2.75, 3.05) is 20.8 Å². The lowest BCUT2D eigenvalue weighted by Gasteiger charge is -2.26. The molecule has 4 N–H and O–H groups in total. The number of amides is 3. The number of carbonyl (C=O) groups excluding carboxylic acids is 3. The SMILES string of the molecule is COC(OC)c1ccc(C(=O)N2C[C@H](F)C[C@H]2C(=O)N[C@H](C(=O)NN)c2ccccc2)cc1. The number of rotatable bonds is 8. The zero-order valence-electron chi connectivity index (χ0n) is 18.4. The molecule has 0 spiro atoms. The van der Waals surface area contributed by atoms with Crippen LogP contribution in [-0.2, 0) is 19.1 Å². The van der Waals surface area contributed by atoms with Crippen molar-refractivity contribution in [3.63, 3.8) is 0 Å². The molecule has 3 amide bonds. The molecule has 176 valence electrons. The molecule has 10 heteroatoms. The normalized spacial score (nSPS) is 18.8. The molecule has 2 aromatic rings. The Hall–Kier alpha value is -3.34. The van der Waals surface area contributed by atoms with Gasteiger partial charge in [-0.3, -0.25) is 19.8 Å². The molecular formula is C23H27FN4O5. The first-order valence-electron chi connectivity index (χ1n) is 10.4. The number of benzene rings is 2. The van der Waals surface area contributed by atoms with Crippen molar-refractivity contribution in [2.45, 2.75) is 31.0 Å². The Labute approximate surface area is 191 Å². The zero-order valence-corrected chi connectivity index (χ0v) is 18.4. The molecule has 1 fully saturated rings. The molecule has 1 aliphatic rings. The monoisotopic (exact) mass is 458 g/mol. The molecule has 0 aromatic heterocycles. The van der Waals surface area contributed by atoms with Crippen LogP contribution >= 0.6 is 0 Å². The van der Waals surface area contributed by atoms with Gasteiger partial charge in [0.2, 0.25) is 5.91 Å². The zero-order chi connectivity index (χ0) is 24.0. The second-order valence-corrected chi connectivity index (χ2v) is 7.59. The maximum absolute atomic E-state index is 14.3. The van der Waals surface area contributed by atoms with Crippen molar-refractivity contribution in [3.8, 4) is 0 Å². The van der Waals surface area contributed by atoms with Crippen LogP contribution in [0.2, 0.25) is 0 Å². The number of nitrogens with one attached hydrogen (secondary N) is 2. The summed E-state index contributed by atoms with van der Waals surface area (Å²) in [6, 6.07) is 12.8. The number of carbonyl (C=O) groups is 3. The number of alkyl halides is 1. The molecule has 3 atom stereocenters. The number of nitrogens with zero attached hydrogens (tertiary/aromatic N) is 1. The summed E-state index contributed by atoms with van der Waals surface area (Å²) in [5.74, 6) is 3.50. The quantitative estimate of drug-likeness (QED) is 0.238. The van der Waals surface area contributed by atoms with Gasteiger partial charge in [0.25, 0.3) is 11.8 Å². The van der Waals surface area contributed by atoms with Gasteiger partial charge in [-0.1, -0.05) is 42.5 Å². The predicted octanol–water partition coefficient (Wildman–Crippen LogP) is 1.38. The number of halogens is 1. The van der Waals surface area contributed by atoms with E-state index in [1.54, 1.807) is 54.6 Å². The molecule has 9 nitrogen and oxygen atoms in total. The second kappa shape index (κ2) is 11.0. The third kappa shape index (κ3) is 5.54. The summed E-state index contributed by atoms with van der Waals surface area (Å²) in [6.45, 7) is -0.226. The topological polar surface area (TPSA) is 123 Å². The van der Waals surface area contributed by atoms with Crippen LogP contribution in [0.3, 0.4) is 0 Å². The van der Waals surface area contributed by atoms with E-state index in [1.165, 1.54) is 19.1 Å². The van der Waals surface area contributed by atoms with Crippen molar-refractivity contribution in [2.24, 2.45) is 5.84 Å². The van der Waals surface area contributed by atoms with Gasteiger partial charge in [-0.15, -0.1) is 0 Å². The Morgan fingerprint density at radius 2 is 1.67 bits per heavy atom. The Balaban J connectivity index is 1.78. The average Bonchev–Trinajstić information content (AvgIpc) is 3.25. The van der Waals surface area contributed by atoms with Crippen LogP contribution in [0.5, 0.6) is 0 Å². The number of hydrogen-bond acceptors (Lipinski definition) is 6. The van der Waals surface area contributed by atoms with E-state index in [-0.39, 0.29) is 18.5 Å². The molecule has 0 aliphatic carbocycles. The fourth-order valence-corrected chi connectivity index (χ4v) is 3.84. The summed E-state index contributed by atoms with van der Waals surface area (Å²) in [5.41, 5.74) is 3.52. The molecule has 1 saturated heterocycles. The summed E-state index contributed by atoms with van der Waals surface area (Å²) in [7, 11) is 2.99. The van der Waals surface area contributed by atoms with Crippen molar-refractivity contribution in [1.82, 2.24) is 15.6 Å². The molecule has 1 aliphatic heterocycles. The molecule has 1 heterocycles. The van der Waals surface area contributed by atoms with Crippen LogP contribution in [0.1, 0.15) is 40.2 Å². The summed E-state index contributed by atoms with van der Waals surface area (Å²) >= 11 is 0. The van der Waals surface area contributed by atoms with Crippen molar-refractivity contribution in [1.29, 1.82) is 0 Å². The maximum Gasteiger partial charge on any atom is 0.261 e. The minimum Gasteiger partial charge on any atom is -0.352 e. The van der Waals surface area contributed by atoms with Crippen LogP contribution in [-0.4, -0.2) is 55.6 Å². The van der Waals surface area contributed by atoms with Gasteiger partial charge in [-0.25, -0.2) is 10.2 Å². The minimum atomic E-state index is -1.37. The van der Waals surface area contributed by atoms with E-state index in [0.717, 1.165) is 0 Å². The fourth-order valence-electron chi connectivity index (χ4n) is 3.84. The van der Waals surface area contributed by atoms with E-state index < -0.39 is 42.3 Å². The Bertz CT molecular complexity index is 969. The van der Waals surface area contributed by atoms with Gasteiger partial charge in [-0.05, 0) is 17.7 Å². The second-order valence-electron chi connectivity index (χ2n) is 7.59. The highest BCUT2D eigenvalue weighted by molar-refractivity contribution is 5.99. The van der Waals surface area contributed by atoms with Crippen LogP contribution in [0.25, 0.3) is 0 Å². The van der Waals surface area contributed by atoms with Gasteiger partial charge in [-0.2, -0.15) is 0 Å². The van der Waals surface area contributed by atoms with Gasteiger partial charge in [0.15, 0.2) is 6.29 Å². The highest BCUT2D eigenvalue weighted by Crippen LogP contribution is 2.25. The number of hydrazine groups is 1. The van der Waals surface area contributed by atoms with Crippen molar-refractivity contribution >= 4 is 17.7 Å². The molecule has 2 aromatic carbocycles. The van der Waals surface area contributed by atoms with Gasteiger partial charge in [0.1, 0.15) is 18.3 Å². The lowest BCUT2D eigenvalue weighted by molar-refractivity contribution is -0.131. The van der Waals surface area contributed by atoms with E-state index in [1.807, 2.05) is 5.43 Å². The lowest BCUT2D eigenvalue weighted by Crippen LogP contribution is -2.50. The molecule has 0 bridgehead atoms. The van der Waals surface area contributed by atoms with E-state index in [9.17, 15) is 18.8 Å². The predicted molar refractivity (Wildman–Crippen MR) is 117 cm³/mol. The molecule has 0 unspecified atom stereocenters. The fraction of sp³-hybridized carbons (Fsp3) is 0.348. The molecular weight excluding hydrogens is 431 g/mol. The smallest absolute Gasteiger partial charge is 0.261 e. The summed E-state index contributed by atoms with van der Waals surface area (Å²) < 4.78 is 24.7. The average molecular weight is 458 g/mol.